The van der Waals surface area contributed by atoms with Crippen molar-refractivity contribution in [2.45, 2.75) is 25.9 Å². The molecule has 0 aliphatic rings. The van der Waals surface area contributed by atoms with Gasteiger partial charge in [-0.2, -0.15) is 5.10 Å². The summed E-state index contributed by atoms with van der Waals surface area (Å²) in [5, 5.41) is 19.3. The van der Waals surface area contributed by atoms with Gasteiger partial charge in [-0.25, -0.2) is 13.5 Å². The van der Waals surface area contributed by atoms with Crippen LogP contribution < -0.4 is 10.6 Å². The van der Waals surface area contributed by atoms with E-state index in [4.69, 9.17) is 11.6 Å². The van der Waals surface area contributed by atoms with Gasteiger partial charge in [0, 0.05) is 24.4 Å². The van der Waals surface area contributed by atoms with Crippen molar-refractivity contribution in [1.29, 1.82) is 0 Å². The van der Waals surface area contributed by atoms with Crippen molar-refractivity contribution in [2.75, 3.05) is 11.9 Å². The van der Waals surface area contributed by atoms with Crippen LogP contribution in [0, 0.1) is 11.6 Å². The normalized spacial score (nSPS) is 11.3. The van der Waals surface area contributed by atoms with Crippen LogP contribution in [0.1, 0.15) is 41.1 Å². The van der Waals surface area contributed by atoms with Gasteiger partial charge in [-0.05, 0) is 56.7 Å². The number of carbonyl (C=O) groups excluding carboxylic acids is 2. The largest absolute Gasteiger partial charge is 0.390 e. The molecule has 196 valence electrons. The standard InChI is InChI=1S/C27H24ClF2N5O3/c1-27(2,38)10-12-32-26(37)22-15-23(35(34-22)16-7-4-3-5-8-16)33-25(36)17-13-18(21(30)14-19(17)28)24-20(29)9-6-11-31-24/h3-9,11,13-15,38H,10,12H2,1-2H3,(H,32,37)(H,33,36). The van der Waals surface area contributed by atoms with Gasteiger partial charge in [0.05, 0.1) is 21.9 Å². The molecule has 4 aromatic rings. The Morgan fingerprint density at radius 1 is 1.03 bits per heavy atom. The van der Waals surface area contributed by atoms with Crippen molar-refractivity contribution in [2.24, 2.45) is 0 Å². The third kappa shape index (κ3) is 6.21. The average molecular weight is 540 g/mol. The highest BCUT2D eigenvalue weighted by Crippen LogP contribution is 2.30. The van der Waals surface area contributed by atoms with Gasteiger partial charge in [-0.3, -0.25) is 14.6 Å². The van der Waals surface area contributed by atoms with Gasteiger partial charge >= 0.3 is 0 Å². The predicted molar refractivity (Wildman–Crippen MR) is 139 cm³/mol. The number of amides is 2. The van der Waals surface area contributed by atoms with E-state index in [-0.39, 0.29) is 39.9 Å². The van der Waals surface area contributed by atoms with Crippen LogP contribution in [0.3, 0.4) is 0 Å². The van der Waals surface area contributed by atoms with E-state index in [0.717, 1.165) is 18.2 Å². The van der Waals surface area contributed by atoms with Crippen LogP contribution in [0.5, 0.6) is 0 Å². The van der Waals surface area contributed by atoms with Crippen LogP contribution >= 0.6 is 11.6 Å². The van der Waals surface area contributed by atoms with Gasteiger partial charge in [0.25, 0.3) is 11.8 Å². The summed E-state index contributed by atoms with van der Waals surface area (Å²) in [5.74, 6) is -2.71. The van der Waals surface area contributed by atoms with Gasteiger partial charge in [0.2, 0.25) is 0 Å². The lowest BCUT2D eigenvalue weighted by atomic mass is 10.1. The molecule has 2 amide bonds. The summed E-state index contributed by atoms with van der Waals surface area (Å²) in [6.07, 6.45) is 1.63. The summed E-state index contributed by atoms with van der Waals surface area (Å²) in [6, 6.07) is 14.7. The van der Waals surface area contributed by atoms with Crippen molar-refractivity contribution in [3.63, 3.8) is 0 Å². The molecule has 11 heteroatoms. The summed E-state index contributed by atoms with van der Waals surface area (Å²) in [7, 11) is 0. The fourth-order valence-corrected chi connectivity index (χ4v) is 3.83. The summed E-state index contributed by atoms with van der Waals surface area (Å²) in [4.78, 5) is 29.9. The Labute approximate surface area is 222 Å². The highest BCUT2D eigenvalue weighted by atomic mass is 35.5. The van der Waals surface area contributed by atoms with E-state index >= 15 is 0 Å². The minimum atomic E-state index is -0.957. The summed E-state index contributed by atoms with van der Waals surface area (Å²) in [5.41, 5.74) is -1.02. The van der Waals surface area contributed by atoms with Crippen molar-refractivity contribution < 1.29 is 23.5 Å². The Balaban J connectivity index is 1.66. The van der Waals surface area contributed by atoms with Crippen LogP contribution in [0.2, 0.25) is 5.02 Å². The number of hydrogen-bond acceptors (Lipinski definition) is 5. The molecule has 2 aromatic heterocycles. The number of aromatic nitrogens is 3. The zero-order valence-corrected chi connectivity index (χ0v) is 21.3. The van der Waals surface area contributed by atoms with E-state index in [1.807, 2.05) is 0 Å². The highest BCUT2D eigenvalue weighted by Gasteiger charge is 2.22. The second kappa shape index (κ2) is 11.1. The molecule has 4 rings (SSSR count). The first-order chi connectivity index (χ1) is 18.0. The van der Waals surface area contributed by atoms with E-state index in [1.165, 1.54) is 23.0 Å². The van der Waals surface area contributed by atoms with Crippen LogP contribution in [0.25, 0.3) is 16.9 Å². The van der Waals surface area contributed by atoms with Gasteiger partial charge < -0.3 is 15.7 Å². The molecule has 2 aromatic carbocycles. The predicted octanol–water partition coefficient (Wildman–Crippen LogP) is 5.01. The SMILES string of the molecule is CC(C)(O)CCNC(=O)c1cc(NC(=O)c2cc(-c3ncccc3F)c(F)cc2Cl)n(-c2ccccc2)n1. The summed E-state index contributed by atoms with van der Waals surface area (Å²) in [6.45, 7) is 3.47. The first-order valence-corrected chi connectivity index (χ1v) is 12.0. The number of anilines is 1. The number of rotatable bonds is 8. The fourth-order valence-electron chi connectivity index (χ4n) is 3.59. The van der Waals surface area contributed by atoms with E-state index in [2.05, 4.69) is 20.7 Å². The van der Waals surface area contributed by atoms with Crippen molar-refractivity contribution >= 4 is 29.2 Å². The molecular weight excluding hydrogens is 516 g/mol. The summed E-state index contributed by atoms with van der Waals surface area (Å²) >= 11 is 6.17. The number of para-hydroxylation sites is 1. The van der Waals surface area contributed by atoms with Crippen molar-refractivity contribution in [3.8, 4) is 16.9 Å². The molecule has 2 heterocycles. The van der Waals surface area contributed by atoms with E-state index < -0.39 is 29.0 Å². The third-order valence-corrected chi connectivity index (χ3v) is 5.83. The van der Waals surface area contributed by atoms with E-state index in [1.54, 1.807) is 44.2 Å². The maximum absolute atomic E-state index is 14.6. The average Bonchev–Trinajstić information content (AvgIpc) is 3.28. The molecule has 38 heavy (non-hydrogen) atoms. The van der Waals surface area contributed by atoms with Gasteiger partial charge in [0.1, 0.15) is 23.1 Å². The number of aliphatic hydroxyl groups is 1. The smallest absolute Gasteiger partial charge is 0.271 e. The Morgan fingerprint density at radius 2 is 1.76 bits per heavy atom. The number of hydrogen-bond donors (Lipinski definition) is 3. The molecule has 8 nitrogen and oxygen atoms in total. The Hall–Kier alpha value is -4.15. The van der Waals surface area contributed by atoms with Crippen LogP contribution in [0.4, 0.5) is 14.6 Å². The monoisotopic (exact) mass is 539 g/mol. The minimum absolute atomic E-state index is 0.0151. The molecule has 0 saturated carbocycles. The number of nitrogens with one attached hydrogen (secondary N) is 2. The molecule has 0 spiro atoms. The zero-order chi connectivity index (χ0) is 27.4. The number of nitrogens with zero attached hydrogens (tertiary/aromatic N) is 3. The number of pyridine rings is 1. The molecule has 0 aliphatic carbocycles. The van der Waals surface area contributed by atoms with Crippen LogP contribution in [0.15, 0.2) is 66.9 Å². The lowest BCUT2D eigenvalue weighted by molar-refractivity contribution is 0.0691. The molecule has 0 bridgehead atoms. The molecule has 0 radical (unpaired) electrons. The molecule has 0 aliphatic heterocycles. The molecule has 3 N–H and O–H groups in total. The van der Waals surface area contributed by atoms with Crippen molar-refractivity contribution in [3.05, 3.63) is 94.8 Å². The molecule has 0 saturated heterocycles. The van der Waals surface area contributed by atoms with Crippen molar-refractivity contribution in [1.82, 2.24) is 20.1 Å². The molecule has 0 unspecified atom stereocenters. The molecular formula is C27H24ClF2N5O3. The highest BCUT2D eigenvalue weighted by molar-refractivity contribution is 6.34. The first kappa shape index (κ1) is 26.9. The lowest BCUT2D eigenvalue weighted by Gasteiger charge is -2.16. The van der Waals surface area contributed by atoms with Gasteiger partial charge in [0.15, 0.2) is 5.69 Å². The topological polar surface area (TPSA) is 109 Å². The van der Waals surface area contributed by atoms with Gasteiger partial charge in [-0.15, -0.1) is 0 Å². The number of carbonyl (C=O) groups is 2. The molecule has 0 atom stereocenters. The second-order valence-electron chi connectivity index (χ2n) is 9.08. The summed E-state index contributed by atoms with van der Waals surface area (Å²) < 4.78 is 30.3. The number of benzene rings is 2. The number of halogens is 3. The van der Waals surface area contributed by atoms with Crippen LogP contribution in [-0.4, -0.2) is 43.8 Å². The zero-order valence-electron chi connectivity index (χ0n) is 20.5. The lowest BCUT2D eigenvalue weighted by Crippen LogP contribution is -2.31. The fraction of sp³-hybridized carbons (Fsp3) is 0.185. The maximum Gasteiger partial charge on any atom is 0.271 e. The van der Waals surface area contributed by atoms with Gasteiger partial charge in [-0.1, -0.05) is 29.8 Å². The van der Waals surface area contributed by atoms with E-state index in [0.29, 0.717) is 12.1 Å². The quantitative estimate of drug-likeness (QED) is 0.292. The third-order valence-electron chi connectivity index (χ3n) is 5.52. The molecule has 0 fully saturated rings. The Kier molecular flexibility index (Phi) is 7.84. The first-order valence-electron chi connectivity index (χ1n) is 11.6. The Bertz CT molecular complexity index is 1490. The Morgan fingerprint density at radius 3 is 2.45 bits per heavy atom. The van der Waals surface area contributed by atoms with Crippen LogP contribution in [-0.2, 0) is 0 Å². The van der Waals surface area contributed by atoms with E-state index in [9.17, 15) is 23.5 Å². The second-order valence-corrected chi connectivity index (χ2v) is 9.49. The maximum atomic E-state index is 14.6. The minimum Gasteiger partial charge on any atom is -0.390 e.